The van der Waals surface area contributed by atoms with Crippen molar-refractivity contribution in [3.05, 3.63) is 11.6 Å². The Morgan fingerprint density at radius 1 is 1.54 bits per heavy atom. The van der Waals surface area contributed by atoms with Gasteiger partial charge < -0.3 is 0 Å². The van der Waals surface area contributed by atoms with Crippen LogP contribution in [0.2, 0.25) is 0 Å². The van der Waals surface area contributed by atoms with Gasteiger partial charge in [0.2, 0.25) is 10.0 Å². The van der Waals surface area contributed by atoms with Gasteiger partial charge in [-0.3, -0.25) is 0 Å². The minimum absolute atomic E-state index is 0.107. The van der Waals surface area contributed by atoms with Gasteiger partial charge in [0.25, 0.3) is 0 Å². The van der Waals surface area contributed by atoms with Crippen LogP contribution in [-0.2, 0) is 10.0 Å². The van der Waals surface area contributed by atoms with E-state index in [1.165, 1.54) is 4.31 Å². The van der Waals surface area contributed by atoms with Gasteiger partial charge >= 0.3 is 0 Å². The highest BCUT2D eigenvalue weighted by Gasteiger charge is 2.40. The molecule has 1 heterocycles. The lowest BCUT2D eigenvalue weighted by atomic mass is 10.0. The van der Waals surface area contributed by atoms with Crippen molar-refractivity contribution in [2.45, 2.75) is 32.4 Å². The summed E-state index contributed by atoms with van der Waals surface area (Å²) in [6.45, 7) is 7.19. The molecule has 1 aliphatic rings. The maximum atomic E-state index is 11.6. The molecule has 2 unspecified atom stereocenters. The lowest BCUT2D eigenvalue weighted by Gasteiger charge is -2.43. The highest BCUT2D eigenvalue weighted by Crippen LogP contribution is 2.29. The maximum absolute atomic E-state index is 11.6. The van der Waals surface area contributed by atoms with Crippen LogP contribution in [0.5, 0.6) is 0 Å². The molecule has 0 radical (unpaired) electrons. The Balaban J connectivity index is 2.75. The van der Waals surface area contributed by atoms with E-state index in [0.29, 0.717) is 0 Å². The number of hydrogen-bond acceptors (Lipinski definition) is 2. The molecule has 2 atom stereocenters. The quantitative estimate of drug-likeness (QED) is 0.728. The number of nitrogens with zero attached hydrogens (tertiary/aromatic N) is 1. The number of hydrogen-bond donors (Lipinski definition) is 0. The first-order chi connectivity index (χ1) is 5.84. The average molecular weight is 224 g/mol. The zero-order valence-corrected chi connectivity index (χ0v) is 9.40. The van der Waals surface area contributed by atoms with Gasteiger partial charge in [0.1, 0.15) is 0 Å². The molecule has 1 rings (SSSR count). The van der Waals surface area contributed by atoms with Crippen molar-refractivity contribution in [2.75, 3.05) is 5.75 Å². The summed E-state index contributed by atoms with van der Waals surface area (Å²) in [5.74, 6) is -0.150. The highest BCUT2D eigenvalue weighted by atomic mass is 35.5. The molecule has 0 aromatic rings. The Morgan fingerprint density at radius 3 is 2.31 bits per heavy atom. The Bertz CT molecular complexity index is 304. The first kappa shape index (κ1) is 11.0. The standard InChI is InChI=1S/C8H14ClNO2S/c1-6(9)5-13(11,12)10-7(2)4-8(10)3/h7-8H,1,4-5H2,2-3H3. The summed E-state index contributed by atoms with van der Waals surface area (Å²) in [4.78, 5) is 0. The highest BCUT2D eigenvalue weighted by molar-refractivity contribution is 7.89. The third-order valence-electron chi connectivity index (χ3n) is 2.21. The minimum Gasteiger partial charge on any atom is -0.212 e. The number of sulfonamides is 1. The monoisotopic (exact) mass is 223 g/mol. The zero-order valence-electron chi connectivity index (χ0n) is 7.83. The minimum atomic E-state index is -3.22. The molecule has 0 N–H and O–H groups in total. The second kappa shape index (κ2) is 3.59. The maximum Gasteiger partial charge on any atom is 0.219 e. The second-order valence-electron chi connectivity index (χ2n) is 3.54. The van der Waals surface area contributed by atoms with Crippen LogP contribution >= 0.6 is 11.6 Å². The molecule has 0 amide bonds. The van der Waals surface area contributed by atoms with Crippen molar-refractivity contribution in [3.8, 4) is 0 Å². The van der Waals surface area contributed by atoms with Gasteiger partial charge in [-0.25, -0.2) is 8.42 Å². The van der Waals surface area contributed by atoms with Crippen molar-refractivity contribution in [2.24, 2.45) is 0 Å². The molecule has 1 saturated heterocycles. The summed E-state index contributed by atoms with van der Waals surface area (Å²) in [5.41, 5.74) is 0. The van der Waals surface area contributed by atoms with Gasteiger partial charge in [-0.05, 0) is 20.3 Å². The van der Waals surface area contributed by atoms with E-state index in [4.69, 9.17) is 11.6 Å². The first-order valence-corrected chi connectivity index (χ1v) is 6.18. The van der Waals surface area contributed by atoms with E-state index in [9.17, 15) is 8.42 Å². The van der Waals surface area contributed by atoms with Gasteiger partial charge in [0.05, 0.1) is 5.75 Å². The van der Waals surface area contributed by atoms with Crippen LogP contribution in [0.15, 0.2) is 11.6 Å². The van der Waals surface area contributed by atoms with E-state index >= 15 is 0 Å². The molecule has 13 heavy (non-hydrogen) atoms. The topological polar surface area (TPSA) is 37.4 Å². The molecular formula is C8H14ClNO2S. The van der Waals surface area contributed by atoms with E-state index in [0.717, 1.165) is 6.42 Å². The molecule has 3 nitrogen and oxygen atoms in total. The SMILES string of the molecule is C=C(Cl)CS(=O)(=O)N1C(C)CC1C. The molecular weight excluding hydrogens is 210 g/mol. The summed E-state index contributed by atoms with van der Waals surface area (Å²) < 4.78 is 24.8. The van der Waals surface area contributed by atoms with Crippen molar-refractivity contribution in [1.82, 2.24) is 4.31 Å². The summed E-state index contributed by atoms with van der Waals surface area (Å²) in [5, 5.41) is 0.173. The van der Waals surface area contributed by atoms with Crippen LogP contribution in [0.4, 0.5) is 0 Å². The Hall–Kier alpha value is -0.0600. The molecule has 0 bridgehead atoms. The summed E-state index contributed by atoms with van der Waals surface area (Å²) in [7, 11) is -3.22. The van der Waals surface area contributed by atoms with Crippen LogP contribution in [-0.4, -0.2) is 30.6 Å². The van der Waals surface area contributed by atoms with Crippen LogP contribution in [0, 0.1) is 0 Å². The van der Waals surface area contributed by atoms with E-state index in [1.54, 1.807) is 0 Å². The van der Waals surface area contributed by atoms with Crippen molar-refractivity contribution >= 4 is 21.6 Å². The fourth-order valence-electron chi connectivity index (χ4n) is 1.82. The van der Waals surface area contributed by atoms with Crippen molar-refractivity contribution < 1.29 is 8.42 Å². The molecule has 0 aromatic heterocycles. The molecule has 5 heteroatoms. The Morgan fingerprint density at radius 2 is 2.00 bits per heavy atom. The normalized spacial score (nSPS) is 29.8. The fraction of sp³-hybridized carbons (Fsp3) is 0.750. The molecule has 1 aliphatic heterocycles. The van der Waals surface area contributed by atoms with E-state index in [1.807, 2.05) is 13.8 Å². The van der Waals surface area contributed by atoms with Crippen molar-refractivity contribution in [1.29, 1.82) is 0 Å². The third kappa shape index (κ3) is 2.24. The largest absolute Gasteiger partial charge is 0.219 e. The summed E-state index contributed by atoms with van der Waals surface area (Å²) in [6.07, 6.45) is 0.925. The smallest absolute Gasteiger partial charge is 0.212 e. The third-order valence-corrected chi connectivity index (χ3v) is 4.58. The second-order valence-corrected chi connectivity index (χ2v) is 5.95. The lowest BCUT2D eigenvalue weighted by molar-refractivity contribution is 0.140. The van der Waals surface area contributed by atoms with Crippen LogP contribution in [0.25, 0.3) is 0 Å². The molecule has 0 saturated carbocycles. The van der Waals surface area contributed by atoms with Crippen LogP contribution < -0.4 is 0 Å². The van der Waals surface area contributed by atoms with Gasteiger partial charge in [0.15, 0.2) is 0 Å². The Kier molecular flexibility index (Phi) is 3.05. The van der Waals surface area contributed by atoms with E-state index < -0.39 is 10.0 Å². The first-order valence-electron chi connectivity index (χ1n) is 4.19. The van der Waals surface area contributed by atoms with Gasteiger partial charge in [-0.2, -0.15) is 4.31 Å². The molecule has 76 valence electrons. The molecule has 0 aromatic carbocycles. The molecule has 0 aliphatic carbocycles. The Labute approximate surface area is 84.4 Å². The van der Waals surface area contributed by atoms with E-state index in [2.05, 4.69) is 6.58 Å². The van der Waals surface area contributed by atoms with E-state index in [-0.39, 0.29) is 22.9 Å². The molecule has 0 spiro atoms. The van der Waals surface area contributed by atoms with Gasteiger partial charge in [0, 0.05) is 17.1 Å². The summed E-state index contributed by atoms with van der Waals surface area (Å²) >= 11 is 5.48. The number of halogens is 1. The van der Waals surface area contributed by atoms with Gasteiger partial charge in [-0.1, -0.05) is 18.2 Å². The summed E-state index contributed by atoms with van der Waals surface area (Å²) in [6, 6.07) is 0.215. The number of rotatable bonds is 3. The van der Waals surface area contributed by atoms with Crippen molar-refractivity contribution in [3.63, 3.8) is 0 Å². The predicted molar refractivity (Wildman–Crippen MR) is 54.2 cm³/mol. The van der Waals surface area contributed by atoms with Gasteiger partial charge in [-0.15, -0.1) is 0 Å². The fourth-order valence-corrected chi connectivity index (χ4v) is 4.05. The lowest BCUT2D eigenvalue weighted by Crippen LogP contribution is -2.56. The molecule has 1 fully saturated rings. The van der Waals surface area contributed by atoms with Crippen LogP contribution in [0.3, 0.4) is 0 Å². The van der Waals surface area contributed by atoms with Crippen LogP contribution in [0.1, 0.15) is 20.3 Å². The zero-order chi connectivity index (χ0) is 10.2. The average Bonchev–Trinajstić information content (AvgIpc) is 1.80. The predicted octanol–water partition coefficient (Wildman–Crippen LogP) is 1.55.